The molecular formula is C33H40O22. The third-order valence-corrected chi connectivity index (χ3v) is 9.42. The van der Waals surface area contributed by atoms with Gasteiger partial charge in [-0.05, 0) is 18.2 Å². The van der Waals surface area contributed by atoms with Crippen LogP contribution in [0.5, 0.6) is 28.7 Å². The van der Waals surface area contributed by atoms with E-state index in [1.165, 1.54) is 6.07 Å². The zero-order valence-corrected chi connectivity index (χ0v) is 28.2. The molecule has 0 aliphatic carbocycles. The molecule has 22 nitrogen and oxygen atoms in total. The van der Waals surface area contributed by atoms with Crippen LogP contribution in [0.3, 0.4) is 0 Å². The van der Waals surface area contributed by atoms with Gasteiger partial charge in [-0.25, -0.2) is 0 Å². The Hall–Kier alpha value is -3.95. The number of hydrogen-bond acceptors (Lipinski definition) is 22. The third kappa shape index (κ3) is 7.76. The summed E-state index contributed by atoms with van der Waals surface area (Å²) in [4.78, 5) is 13.9. The lowest BCUT2D eigenvalue weighted by Crippen LogP contribution is -2.62. The van der Waals surface area contributed by atoms with Gasteiger partial charge in [0.25, 0.3) is 0 Å². The normalized spacial score (nSPS) is 36.8. The molecule has 2 aromatic carbocycles. The van der Waals surface area contributed by atoms with Crippen molar-refractivity contribution >= 4 is 11.0 Å². The fourth-order valence-electron chi connectivity index (χ4n) is 6.25. The Bertz CT molecular complexity index is 1870. The predicted molar refractivity (Wildman–Crippen MR) is 174 cm³/mol. The highest BCUT2D eigenvalue weighted by atomic mass is 16.7. The Kier molecular flexibility index (Phi) is 12.0. The minimum Gasteiger partial charge on any atom is -0.507 e. The lowest BCUT2D eigenvalue weighted by molar-refractivity contribution is -0.323. The van der Waals surface area contributed by atoms with Crippen LogP contribution in [0.1, 0.15) is 0 Å². The van der Waals surface area contributed by atoms with E-state index < -0.39 is 157 Å². The van der Waals surface area contributed by atoms with E-state index in [0.717, 1.165) is 24.3 Å². The monoisotopic (exact) mass is 788 g/mol. The first kappa shape index (κ1) is 40.7. The number of aliphatic hydroxyl groups excluding tert-OH is 11. The maximum Gasteiger partial charge on any atom is 0.239 e. The summed E-state index contributed by atoms with van der Waals surface area (Å²) in [6.45, 7) is -2.26. The summed E-state index contributed by atoms with van der Waals surface area (Å²) in [7, 11) is 0. The largest absolute Gasteiger partial charge is 0.507 e. The van der Waals surface area contributed by atoms with Crippen molar-refractivity contribution in [1.82, 2.24) is 0 Å². The van der Waals surface area contributed by atoms with E-state index in [0.29, 0.717) is 0 Å². The lowest BCUT2D eigenvalue weighted by Gasteiger charge is -2.42. The second kappa shape index (κ2) is 16.3. The van der Waals surface area contributed by atoms with Crippen molar-refractivity contribution in [1.29, 1.82) is 0 Å². The van der Waals surface area contributed by atoms with Gasteiger partial charge in [-0.1, -0.05) is 0 Å². The van der Waals surface area contributed by atoms with E-state index in [4.69, 9.17) is 32.8 Å². The van der Waals surface area contributed by atoms with Gasteiger partial charge in [-0.2, -0.15) is 0 Å². The molecule has 22 heteroatoms. The topological polar surface area (TPSA) is 369 Å². The molecule has 3 aliphatic heterocycles. The van der Waals surface area contributed by atoms with Gasteiger partial charge in [-0.15, -0.1) is 0 Å². The first-order valence-electron chi connectivity index (χ1n) is 16.7. The highest BCUT2D eigenvalue weighted by Crippen LogP contribution is 2.40. The average Bonchev–Trinajstić information content (AvgIpc) is 3.16. The molecule has 0 amide bonds. The molecule has 55 heavy (non-hydrogen) atoms. The van der Waals surface area contributed by atoms with Crippen molar-refractivity contribution < 1.29 is 104 Å². The van der Waals surface area contributed by atoms with Crippen molar-refractivity contribution in [3.63, 3.8) is 0 Å². The SMILES string of the molecule is O=c1c(O[C@H]2O[C@@H](CO)[C@H](O)[C@@H](O)[C@@H]2O)c(-c2ccc(O)c(O)c2)oc2cc(O[C@H]3O[C@@H](CO[C@H]4O[C@@H](CO)[C@H](O)[C@@H](O)[C@@H]4O)[C@H](O)[C@@H](O)[C@@H]3O)cc(O)c12. The predicted octanol–water partition coefficient (Wildman–Crippen LogP) is -5.24. The van der Waals surface area contributed by atoms with Crippen molar-refractivity contribution in [2.75, 3.05) is 19.8 Å². The first-order valence-corrected chi connectivity index (χ1v) is 16.7. The van der Waals surface area contributed by atoms with Gasteiger partial charge in [0.2, 0.25) is 23.8 Å². The molecular weight excluding hydrogens is 748 g/mol. The van der Waals surface area contributed by atoms with Crippen LogP contribution in [0.15, 0.2) is 39.5 Å². The van der Waals surface area contributed by atoms with Crippen LogP contribution in [0.2, 0.25) is 0 Å². The quantitative estimate of drug-likeness (QED) is 0.0853. The first-order chi connectivity index (χ1) is 26.1. The summed E-state index contributed by atoms with van der Waals surface area (Å²) in [5.74, 6) is -3.69. The minimum absolute atomic E-state index is 0.120. The minimum atomic E-state index is -1.99. The number of ether oxygens (including phenoxy) is 6. The van der Waals surface area contributed by atoms with E-state index in [2.05, 4.69) is 0 Å². The smallest absolute Gasteiger partial charge is 0.239 e. The van der Waals surface area contributed by atoms with Crippen LogP contribution in [-0.2, 0) is 18.9 Å². The lowest BCUT2D eigenvalue weighted by atomic mass is 9.98. The molecule has 0 spiro atoms. The standard InChI is InChI=1S/C33H40O22/c34-6-15-19(39)23(43)26(46)31(52-15)49-8-17-21(41)25(45)27(47)32(54-17)50-10-4-13(38)18-14(5-10)51-29(9-1-2-11(36)12(37)3-9)30(22(18)42)55-33-28(48)24(44)20(40)16(7-35)53-33/h1-5,15-17,19-21,23-28,31-41,43-48H,6-8H2/t15-,16-,17-,19-,20-,21-,23+,24+,25+,26-,27-,28-,31-,32-,33+/m0/s1. The second-order valence-corrected chi connectivity index (χ2v) is 13.1. The molecule has 1 aromatic heterocycles. The summed E-state index contributed by atoms with van der Waals surface area (Å²) in [5.41, 5.74) is -1.68. The van der Waals surface area contributed by atoms with Gasteiger partial charge in [0.15, 0.2) is 23.5 Å². The highest BCUT2D eigenvalue weighted by Gasteiger charge is 2.49. The maximum atomic E-state index is 13.9. The van der Waals surface area contributed by atoms with Crippen molar-refractivity contribution in [3.8, 4) is 40.1 Å². The molecule has 6 rings (SSSR count). The van der Waals surface area contributed by atoms with E-state index in [-0.39, 0.29) is 11.3 Å². The summed E-state index contributed by atoms with van der Waals surface area (Å²) < 4.78 is 38.9. The zero-order valence-electron chi connectivity index (χ0n) is 28.2. The number of fused-ring (bicyclic) bond motifs is 1. The van der Waals surface area contributed by atoms with Crippen molar-refractivity contribution in [2.45, 2.75) is 92.1 Å². The molecule has 0 radical (unpaired) electrons. The fraction of sp³-hybridized carbons (Fsp3) is 0.545. The van der Waals surface area contributed by atoms with Crippen LogP contribution in [0.25, 0.3) is 22.3 Å². The van der Waals surface area contributed by atoms with Crippen LogP contribution in [0, 0.1) is 0 Å². The second-order valence-electron chi connectivity index (χ2n) is 13.1. The molecule has 0 saturated carbocycles. The summed E-state index contributed by atoms with van der Waals surface area (Å²) >= 11 is 0. The molecule has 0 unspecified atom stereocenters. The molecule has 3 aromatic rings. The molecule has 15 atom stereocenters. The number of rotatable bonds is 10. The van der Waals surface area contributed by atoms with Crippen LogP contribution in [0.4, 0.5) is 0 Å². The van der Waals surface area contributed by atoms with Gasteiger partial charge in [0.1, 0.15) is 95.7 Å². The Morgan fingerprint density at radius 2 is 1.09 bits per heavy atom. The molecule has 304 valence electrons. The molecule has 3 aliphatic rings. The van der Waals surface area contributed by atoms with Gasteiger partial charge in [0, 0.05) is 17.7 Å². The van der Waals surface area contributed by atoms with Gasteiger partial charge >= 0.3 is 0 Å². The Labute approximate surface area is 307 Å². The Balaban J connectivity index is 1.30. The van der Waals surface area contributed by atoms with E-state index in [1.807, 2.05) is 0 Å². The molecule has 14 N–H and O–H groups in total. The van der Waals surface area contributed by atoms with Crippen LogP contribution >= 0.6 is 0 Å². The average molecular weight is 789 g/mol. The zero-order chi connectivity index (χ0) is 40.0. The molecule has 3 saturated heterocycles. The van der Waals surface area contributed by atoms with Gasteiger partial charge in [0.05, 0.1) is 19.8 Å². The Morgan fingerprint density at radius 3 is 1.67 bits per heavy atom. The highest BCUT2D eigenvalue weighted by molar-refractivity contribution is 5.88. The number of phenolic OH excluding ortho intramolecular Hbond substituents is 3. The van der Waals surface area contributed by atoms with Crippen molar-refractivity contribution in [3.05, 3.63) is 40.6 Å². The van der Waals surface area contributed by atoms with Crippen molar-refractivity contribution in [2.24, 2.45) is 0 Å². The number of aromatic hydroxyl groups is 3. The summed E-state index contributed by atoms with van der Waals surface area (Å²) in [6, 6.07) is 5.08. The number of hydrogen-bond donors (Lipinski definition) is 14. The molecule has 3 fully saturated rings. The molecule has 4 heterocycles. The number of aliphatic hydroxyl groups is 11. The third-order valence-electron chi connectivity index (χ3n) is 9.42. The Morgan fingerprint density at radius 1 is 0.564 bits per heavy atom. The number of benzene rings is 2. The summed E-state index contributed by atoms with van der Waals surface area (Å²) in [5, 5.41) is 143. The van der Waals surface area contributed by atoms with E-state index in [1.54, 1.807) is 0 Å². The van der Waals surface area contributed by atoms with Gasteiger partial charge in [-0.3, -0.25) is 4.79 Å². The fourth-order valence-corrected chi connectivity index (χ4v) is 6.25. The van der Waals surface area contributed by atoms with Gasteiger partial charge < -0.3 is 104 Å². The molecule has 0 bridgehead atoms. The van der Waals surface area contributed by atoms with E-state index in [9.17, 15) is 76.3 Å². The number of phenols is 3. The van der Waals surface area contributed by atoms with Crippen LogP contribution < -0.4 is 14.9 Å². The van der Waals surface area contributed by atoms with Crippen LogP contribution in [-0.4, -0.2) is 183 Å². The summed E-state index contributed by atoms with van der Waals surface area (Å²) in [6.07, 6.45) is -26.3. The van der Waals surface area contributed by atoms with E-state index >= 15 is 0 Å². The maximum absolute atomic E-state index is 13.9.